The molecule has 1 aromatic carbocycles. The summed E-state index contributed by atoms with van der Waals surface area (Å²) in [4.78, 5) is 15.7. The Hall–Kier alpha value is -2.47. The number of methoxy groups -OCH3 is 2. The highest BCUT2D eigenvalue weighted by atomic mass is 35.5. The lowest BCUT2D eigenvalue weighted by Gasteiger charge is -2.13. The standard InChI is InChI=1S/C14H13ClN2O4/c1-19-12-8-13(20-2)11(7-10(12)15)17-14(18)21-9-3-5-16-6-4-9/h3-8H,1-2H3,(H,17,18). The Morgan fingerprint density at radius 2 is 1.81 bits per heavy atom. The molecule has 2 aromatic rings. The van der Waals surface area contributed by atoms with Crippen molar-refractivity contribution in [3.8, 4) is 17.2 Å². The highest BCUT2D eigenvalue weighted by molar-refractivity contribution is 6.32. The quantitative estimate of drug-likeness (QED) is 0.937. The van der Waals surface area contributed by atoms with Gasteiger partial charge in [0, 0.05) is 18.5 Å². The summed E-state index contributed by atoms with van der Waals surface area (Å²) in [6.07, 6.45) is 2.38. The summed E-state index contributed by atoms with van der Waals surface area (Å²) >= 11 is 6.02. The van der Waals surface area contributed by atoms with Crippen molar-refractivity contribution in [2.75, 3.05) is 19.5 Å². The van der Waals surface area contributed by atoms with Gasteiger partial charge in [0.15, 0.2) is 0 Å². The monoisotopic (exact) mass is 308 g/mol. The van der Waals surface area contributed by atoms with Crippen LogP contribution in [-0.4, -0.2) is 25.3 Å². The van der Waals surface area contributed by atoms with Crippen LogP contribution in [0.4, 0.5) is 10.5 Å². The van der Waals surface area contributed by atoms with Gasteiger partial charge in [-0.2, -0.15) is 0 Å². The predicted molar refractivity (Wildman–Crippen MR) is 78.4 cm³/mol. The van der Waals surface area contributed by atoms with Crippen molar-refractivity contribution in [3.63, 3.8) is 0 Å². The van der Waals surface area contributed by atoms with Crippen LogP contribution in [0.15, 0.2) is 36.7 Å². The van der Waals surface area contributed by atoms with Crippen molar-refractivity contribution in [2.45, 2.75) is 0 Å². The number of amides is 1. The van der Waals surface area contributed by atoms with Gasteiger partial charge in [-0.3, -0.25) is 10.3 Å². The number of rotatable bonds is 4. The largest absolute Gasteiger partial charge is 0.495 e. The van der Waals surface area contributed by atoms with E-state index in [1.54, 1.807) is 18.2 Å². The average molecular weight is 309 g/mol. The van der Waals surface area contributed by atoms with Gasteiger partial charge in [-0.25, -0.2) is 4.79 Å². The summed E-state index contributed by atoms with van der Waals surface area (Å²) in [6.45, 7) is 0. The van der Waals surface area contributed by atoms with E-state index in [2.05, 4.69) is 10.3 Å². The summed E-state index contributed by atoms with van der Waals surface area (Å²) in [5, 5.41) is 2.90. The molecule has 2 rings (SSSR count). The number of hydrogen-bond acceptors (Lipinski definition) is 5. The van der Waals surface area contributed by atoms with Crippen LogP contribution in [0.1, 0.15) is 0 Å². The summed E-state index contributed by atoms with van der Waals surface area (Å²) in [5.74, 6) is 1.23. The molecule has 0 unspecified atom stereocenters. The minimum atomic E-state index is -0.666. The first-order chi connectivity index (χ1) is 10.1. The van der Waals surface area contributed by atoms with Crippen LogP contribution in [0.3, 0.4) is 0 Å². The van der Waals surface area contributed by atoms with E-state index in [0.29, 0.717) is 28.0 Å². The van der Waals surface area contributed by atoms with E-state index in [-0.39, 0.29) is 0 Å². The zero-order valence-corrected chi connectivity index (χ0v) is 12.2. The Morgan fingerprint density at radius 1 is 1.14 bits per heavy atom. The molecule has 110 valence electrons. The number of hydrogen-bond donors (Lipinski definition) is 1. The van der Waals surface area contributed by atoms with Crippen LogP contribution >= 0.6 is 11.6 Å². The SMILES string of the molecule is COc1cc(OC)c(NC(=O)Oc2ccncc2)cc1Cl. The molecule has 0 radical (unpaired) electrons. The zero-order chi connectivity index (χ0) is 15.2. The van der Waals surface area contributed by atoms with Gasteiger partial charge in [0.1, 0.15) is 17.2 Å². The molecule has 1 aromatic heterocycles. The fraction of sp³-hybridized carbons (Fsp3) is 0.143. The molecule has 0 bridgehead atoms. The van der Waals surface area contributed by atoms with E-state index >= 15 is 0 Å². The third-order valence-corrected chi connectivity index (χ3v) is 2.87. The summed E-state index contributed by atoms with van der Waals surface area (Å²) in [6, 6.07) is 6.23. The van der Waals surface area contributed by atoms with Crippen LogP contribution in [0, 0.1) is 0 Å². The van der Waals surface area contributed by atoms with E-state index in [0.717, 1.165) is 0 Å². The molecule has 0 saturated heterocycles. The Labute approximate surface area is 126 Å². The molecule has 0 aliphatic carbocycles. The van der Waals surface area contributed by atoms with Crippen molar-refractivity contribution in [3.05, 3.63) is 41.7 Å². The summed E-state index contributed by atoms with van der Waals surface area (Å²) < 4.78 is 15.3. The number of anilines is 1. The number of aromatic nitrogens is 1. The fourth-order valence-electron chi connectivity index (χ4n) is 1.61. The maximum atomic E-state index is 11.8. The van der Waals surface area contributed by atoms with Gasteiger partial charge in [0.05, 0.1) is 24.9 Å². The van der Waals surface area contributed by atoms with Crippen molar-refractivity contribution in [2.24, 2.45) is 0 Å². The molecule has 0 aliphatic rings. The molecular weight excluding hydrogens is 296 g/mol. The molecule has 1 heterocycles. The number of carbonyl (C=O) groups excluding carboxylic acids is 1. The Bertz CT molecular complexity index is 634. The highest BCUT2D eigenvalue weighted by Crippen LogP contribution is 2.35. The maximum absolute atomic E-state index is 11.8. The van der Waals surface area contributed by atoms with Crippen LogP contribution < -0.4 is 19.5 Å². The minimum Gasteiger partial charge on any atom is -0.495 e. The first-order valence-corrected chi connectivity index (χ1v) is 6.32. The number of benzene rings is 1. The smallest absolute Gasteiger partial charge is 0.417 e. The van der Waals surface area contributed by atoms with Crippen LogP contribution in [0.2, 0.25) is 5.02 Å². The number of pyridine rings is 1. The molecule has 0 aliphatic heterocycles. The summed E-state index contributed by atoms with van der Waals surface area (Å²) in [5.41, 5.74) is 0.377. The topological polar surface area (TPSA) is 69.7 Å². The lowest BCUT2D eigenvalue weighted by molar-refractivity contribution is 0.215. The second-order valence-corrected chi connectivity index (χ2v) is 4.29. The van der Waals surface area contributed by atoms with Gasteiger partial charge in [0.25, 0.3) is 0 Å². The number of halogens is 1. The highest BCUT2D eigenvalue weighted by Gasteiger charge is 2.13. The van der Waals surface area contributed by atoms with Crippen molar-refractivity contribution >= 4 is 23.4 Å². The number of carbonyl (C=O) groups is 1. The molecule has 1 N–H and O–H groups in total. The van der Waals surface area contributed by atoms with Gasteiger partial charge < -0.3 is 14.2 Å². The molecule has 0 saturated carbocycles. The van der Waals surface area contributed by atoms with E-state index < -0.39 is 6.09 Å². The van der Waals surface area contributed by atoms with Gasteiger partial charge in [-0.1, -0.05) is 11.6 Å². The minimum absolute atomic E-state index is 0.345. The van der Waals surface area contributed by atoms with E-state index in [1.807, 2.05) is 0 Å². The van der Waals surface area contributed by atoms with Crippen LogP contribution in [0.5, 0.6) is 17.2 Å². The zero-order valence-electron chi connectivity index (χ0n) is 11.4. The Balaban J connectivity index is 2.15. The maximum Gasteiger partial charge on any atom is 0.417 e. The number of nitrogens with one attached hydrogen (secondary N) is 1. The van der Waals surface area contributed by atoms with Crippen molar-refractivity contribution < 1.29 is 19.0 Å². The third kappa shape index (κ3) is 3.76. The van der Waals surface area contributed by atoms with Crippen molar-refractivity contribution in [1.29, 1.82) is 0 Å². The molecule has 0 fully saturated rings. The second kappa shape index (κ2) is 6.81. The molecule has 6 nitrogen and oxygen atoms in total. The molecule has 0 atom stereocenters. The molecule has 7 heteroatoms. The van der Waals surface area contributed by atoms with E-state index in [4.69, 9.17) is 25.8 Å². The van der Waals surface area contributed by atoms with Crippen LogP contribution in [-0.2, 0) is 0 Å². The van der Waals surface area contributed by atoms with Crippen molar-refractivity contribution in [1.82, 2.24) is 4.98 Å². The second-order valence-electron chi connectivity index (χ2n) is 3.88. The molecule has 21 heavy (non-hydrogen) atoms. The normalized spacial score (nSPS) is 9.86. The van der Waals surface area contributed by atoms with Gasteiger partial charge in [-0.05, 0) is 18.2 Å². The number of ether oxygens (including phenoxy) is 3. The van der Waals surface area contributed by atoms with Gasteiger partial charge in [0.2, 0.25) is 0 Å². The first-order valence-electron chi connectivity index (χ1n) is 5.94. The third-order valence-electron chi connectivity index (χ3n) is 2.57. The molecular formula is C14H13ClN2O4. The predicted octanol–water partition coefficient (Wildman–Crippen LogP) is 3.36. The van der Waals surface area contributed by atoms with Gasteiger partial charge >= 0.3 is 6.09 Å². The number of nitrogens with zero attached hydrogens (tertiary/aromatic N) is 1. The lowest BCUT2D eigenvalue weighted by Crippen LogP contribution is -2.17. The lowest BCUT2D eigenvalue weighted by atomic mass is 10.2. The summed E-state index contributed by atoms with van der Waals surface area (Å²) in [7, 11) is 2.97. The first kappa shape index (κ1) is 14.9. The van der Waals surface area contributed by atoms with Gasteiger partial charge in [-0.15, -0.1) is 0 Å². The Kier molecular flexibility index (Phi) is 4.84. The van der Waals surface area contributed by atoms with Crippen LogP contribution in [0.25, 0.3) is 0 Å². The Morgan fingerprint density at radius 3 is 2.43 bits per heavy atom. The van der Waals surface area contributed by atoms with E-state index in [9.17, 15) is 4.79 Å². The molecule has 1 amide bonds. The fourth-order valence-corrected chi connectivity index (χ4v) is 1.85. The molecule has 0 spiro atoms. The van der Waals surface area contributed by atoms with E-state index in [1.165, 1.54) is 32.7 Å². The average Bonchev–Trinajstić information content (AvgIpc) is 2.48.